The molecule has 0 aromatic heterocycles. The number of hydrogen-bond donors (Lipinski definition) is 0. The third-order valence-electron chi connectivity index (χ3n) is 4.15. The Bertz CT molecular complexity index is 364. The SMILES string of the molecule is CCCCCCCCC/C=C\CCCCCCCCS(=O)(=O)Cl. The first-order chi connectivity index (χ1) is 11.1. The number of allylic oxidation sites excluding steroid dienone is 2. The van der Waals surface area contributed by atoms with Crippen LogP contribution in [0.1, 0.15) is 103 Å². The molecular weight excluding hydrogens is 328 g/mol. The second kappa shape index (κ2) is 16.8. The standard InChI is InChI=1S/C19H37ClO2S/c1-2-3-4-5-6-7-8-9-10-11-12-13-14-15-16-17-18-19-23(20,21)22/h10-11H,2-9,12-19H2,1H3/b11-10-. The zero-order valence-corrected chi connectivity index (χ0v) is 16.6. The molecule has 0 atom stereocenters. The van der Waals surface area contributed by atoms with Crippen LogP contribution >= 0.6 is 10.7 Å². The lowest BCUT2D eigenvalue weighted by molar-refractivity contribution is 0.589. The highest BCUT2D eigenvalue weighted by Crippen LogP contribution is 2.11. The van der Waals surface area contributed by atoms with Gasteiger partial charge in [-0.1, -0.05) is 83.3 Å². The Morgan fingerprint density at radius 2 is 1.04 bits per heavy atom. The van der Waals surface area contributed by atoms with E-state index in [1.165, 1.54) is 77.0 Å². The molecule has 0 aromatic rings. The minimum absolute atomic E-state index is 0.121. The van der Waals surface area contributed by atoms with Crippen LogP contribution in [0.3, 0.4) is 0 Å². The van der Waals surface area contributed by atoms with Gasteiger partial charge in [0.25, 0.3) is 0 Å². The molecule has 0 amide bonds. The van der Waals surface area contributed by atoms with Crippen LogP contribution < -0.4 is 0 Å². The zero-order chi connectivity index (χ0) is 17.2. The van der Waals surface area contributed by atoms with E-state index in [4.69, 9.17) is 10.7 Å². The normalized spacial score (nSPS) is 12.3. The first-order valence-electron chi connectivity index (χ1n) is 9.63. The van der Waals surface area contributed by atoms with Crippen LogP contribution in [0.25, 0.3) is 0 Å². The quantitative estimate of drug-likeness (QED) is 0.158. The predicted molar refractivity (Wildman–Crippen MR) is 104 cm³/mol. The van der Waals surface area contributed by atoms with Gasteiger partial charge in [-0.25, -0.2) is 8.42 Å². The fourth-order valence-electron chi connectivity index (χ4n) is 2.70. The first-order valence-corrected chi connectivity index (χ1v) is 12.1. The highest BCUT2D eigenvalue weighted by Gasteiger charge is 2.03. The van der Waals surface area contributed by atoms with Crippen molar-refractivity contribution in [2.75, 3.05) is 5.75 Å². The molecule has 0 spiro atoms. The van der Waals surface area contributed by atoms with Crippen molar-refractivity contribution in [2.45, 2.75) is 103 Å². The summed E-state index contributed by atoms with van der Waals surface area (Å²) in [6.45, 7) is 2.26. The van der Waals surface area contributed by atoms with Gasteiger partial charge >= 0.3 is 0 Å². The summed E-state index contributed by atoms with van der Waals surface area (Å²) < 4.78 is 21.5. The lowest BCUT2D eigenvalue weighted by atomic mass is 10.1. The Morgan fingerprint density at radius 3 is 1.48 bits per heavy atom. The van der Waals surface area contributed by atoms with Crippen molar-refractivity contribution in [3.05, 3.63) is 12.2 Å². The summed E-state index contributed by atoms with van der Waals surface area (Å²) in [5.74, 6) is 0.121. The Morgan fingerprint density at radius 1 is 0.652 bits per heavy atom. The Hall–Kier alpha value is -0.0200. The molecule has 0 aromatic carbocycles. The molecule has 0 N–H and O–H groups in total. The van der Waals surface area contributed by atoms with E-state index in [1.54, 1.807) is 0 Å². The molecular formula is C19H37ClO2S. The monoisotopic (exact) mass is 364 g/mol. The number of hydrogen-bond acceptors (Lipinski definition) is 2. The molecule has 23 heavy (non-hydrogen) atoms. The molecule has 138 valence electrons. The lowest BCUT2D eigenvalue weighted by Gasteiger charge is -2.00. The highest BCUT2D eigenvalue weighted by atomic mass is 35.7. The van der Waals surface area contributed by atoms with Crippen LogP contribution in [0.15, 0.2) is 12.2 Å². The fourth-order valence-corrected chi connectivity index (χ4v) is 3.58. The summed E-state index contributed by atoms with van der Waals surface area (Å²) in [6.07, 6.45) is 23.3. The zero-order valence-electron chi connectivity index (χ0n) is 15.1. The van der Waals surface area contributed by atoms with Gasteiger partial charge in [-0.3, -0.25) is 0 Å². The topological polar surface area (TPSA) is 34.1 Å². The van der Waals surface area contributed by atoms with Gasteiger partial charge in [0, 0.05) is 10.7 Å². The van der Waals surface area contributed by atoms with Gasteiger partial charge in [-0.15, -0.1) is 0 Å². The maximum atomic E-state index is 10.7. The largest absolute Gasteiger partial charge is 0.232 e. The Labute approximate surface area is 149 Å². The van der Waals surface area contributed by atoms with Crippen LogP contribution in [-0.2, 0) is 9.05 Å². The van der Waals surface area contributed by atoms with Gasteiger partial charge in [0.1, 0.15) is 0 Å². The van der Waals surface area contributed by atoms with Gasteiger partial charge < -0.3 is 0 Å². The summed E-state index contributed by atoms with van der Waals surface area (Å²) >= 11 is 0. The predicted octanol–water partition coefficient (Wildman–Crippen LogP) is 6.98. The van der Waals surface area contributed by atoms with Crippen molar-refractivity contribution < 1.29 is 8.42 Å². The van der Waals surface area contributed by atoms with E-state index < -0.39 is 9.05 Å². The molecule has 0 unspecified atom stereocenters. The minimum atomic E-state index is -3.28. The molecule has 0 saturated carbocycles. The van der Waals surface area contributed by atoms with E-state index in [1.807, 2.05) is 0 Å². The summed E-state index contributed by atoms with van der Waals surface area (Å²) in [7, 11) is 1.89. The maximum Gasteiger partial charge on any atom is 0.232 e. The van der Waals surface area contributed by atoms with Crippen molar-refractivity contribution in [1.29, 1.82) is 0 Å². The number of unbranched alkanes of at least 4 members (excludes halogenated alkanes) is 13. The molecule has 4 heteroatoms. The van der Waals surface area contributed by atoms with Crippen LogP contribution in [-0.4, -0.2) is 14.2 Å². The first kappa shape index (κ1) is 23.0. The van der Waals surface area contributed by atoms with Crippen LogP contribution in [0, 0.1) is 0 Å². The van der Waals surface area contributed by atoms with Gasteiger partial charge in [-0.2, -0.15) is 0 Å². The van der Waals surface area contributed by atoms with Crippen LogP contribution in [0.4, 0.5) is 0 Å². The van der Waals surface area contributed by atoms with Crippen molar-refractivity contribution in [3.8, 4) is 0 Å². The van der Waals surface area contributed by atoms with Crippen LogP contribution in [0.5, 0.6) is 0 Å². The van der Waals surface area contributed by atoms with E-state index in [2.05, 4.69) is 19.1 Å². The second-order valence-electron chi connectivity index (χ2n) is 6.53. The summed E-state index contributed by atoms with van der Waals surface area (Å²) in [5, 5.41) is 0. The maximum absolute atomic E-state index is 10.7. The van der Waals surface area contributed by atoms with Crippen LogP contribution in [0.2, 0.25) is 0 Å². The summed E-state index contributed by atoms with van der Waals surface area (Å²) in [6, 6.07) is 0. The molecule has 0 aliphatic rings. The van der Waals surface area contributed by atoms with Gasteiger partial charge in [0.05, 0.1) is 5.75 Å². The second-order valence-corrected chi connectivity index (χ2v) is 9.43. The third-order valence-corrected chi connectivity index (χ3v) is 5.39. The molecule has 2 nitrogen and oxygen atoms in total. The Kier molecular flexibility index (Phi) is 16.8. The van der Waals surface area contributed by atoms with E-state index in [-0.39, 0.29) is 5.75 Å². The molecule has 0 rings (SSSR count). The average Bonchev–Trinajstić information content (AvgIpc) is 2.49. The lowest BCUT2D eigenvalue weighted by Crippen LogP contribution is -1.96. The van der Waals surface area contributed by atoms with Gasteiger partial charge in [0.2, 0.25) is 9.05 Å². The van der Waals surface area contributed by atoms with Crippen molar-refractivity contribution in [3.63, 3.8) is 0 Å². The highest BCUT2D eigenvalue weighted by molar-refractivity contribution is 8.13. The molecule has 0 aliphatic carbocycles. The Balaban J connectivity index is 3.14. The van der Waals surface area contributed by atoms with Gasteiger partial charge in [-0.05, 0) is 32.1 Å². The molecule has 0 fully saturated rings. The molecule has 0 radical (unpaired) electrons. The van der Waals surface area contributed by atoms with Gasteiger partial charge in [0.15, 0.2) is 0 Å². The minimum Gasteiger partial charge on any atom is -0.212 e. The summed E-state index contributed by atoms with van der Waals surface area (Å²) in [5.41, 5.74) is 0. The molecule has 0 saturated heterocycles. The molecule has 0 heterocycles. The van der Waals surface area contributed by atoms with Crippen molar-refractivity contribution >= 4 is 19.7 Å². The van der Waals surface area contributed by atoms with E-state index >= 15 is 0 Å². The molecule has 0 bridgehead atoms. The molecule has 0 aliphatic heterocycles. The van der Waals surface area contributed by atoms with E-state index in [0.29, 0.717) is 6.42 Å². The smallest absolute Gasteiger partial charge is 0.212 e. The van der Waals surface area contributed by atoms with Crippen molar-refractivity contribution in [2.24, 2.45) is 0 Å². The average molecular weight is 365 g/mol. The number of halogens is 1. The fraction of sp³-hybridized carbons (Fsp3) is 0.895. The van der Waals surface area contributed by atoms with E-state index in [9.17, 15) is 8.42 Å². The third kappa shape index (κ3) is 22.0. The van der Waals surface area contributed by atoms with Crippen molar-refractivity contribution in [1.82, 2.24) is 0 Å². The summed E-state index contributed by atoms with van der Waals surface area (Å²) in [4.78, 5) is 0. The van der Waals surface area contributed by atoms with E-state index in [0.717, 1.165) is 12.8 Å². The number of rotatable bonds is 17.